The van der Waals surface area contributed by atoms with Gasteiger partial charge in [-0.15, -0.1) is 0 Å². The number of hydrogen-bond acceptors (Lipinski definition) is 4. The molecule has 0 amide bonds. The van der Waals surface area contributed by atoms with E-state index < -0.39 is 5.97 Å². The van der Waals surface area contributed by atoms with Crippen molar-refractivity contribution in [3.05, 3.63) is 34.5 Å². The summed E-state index contributed by atoms with van der Waals surface area (Å²) in [6.45, 7) is 2.05. The molecule has 0 atom stereocenters. The second-order valence-electron chi connectivity index (χ2n) is 3.20. The summed E-state index contributed by atoms with van der Waals surface area (Å²) in [5, 5.41) is 13.4. The van der Waals surface area contributed by atoms with Crippen LogP contribution in [0.25, 0.3) is 10.8 Å². The third-order valence-electron chi connectivity index (χ3n) is 2.26. The predicted octanol–water partition coefficient (Wildman–Crippen LogP) is 0.510. The zero-order chi connectivity index (χ0) is 11.7. The van der Waals surface area contributed by atoms with Crippen molar-refractivity contribution < 1.29 is 9.90 Å². The average molecular weight is 219 g/mol. The Labute approximate surface area is 90.2 Å². The molecule has 2 rings (SSSR count). The number of carboxylic acids is 1. The molecular weight excluding hydrogens is 210 g/mol. The van der Waals surface area contributed by atoms with Gasteiger partial charge in [-0.2, -0.15) is 5.10 Å². The van der Waals surface area contributed by atoms with Crippen molar-refractivity contribution in [1.29, 1.82) is 0 Å². The molecule has 0 fully saturated rings. The average Bonchev–Trinajstić information content (AvgIpc) is 2.29. The van der Waals surface area contributed by atoms with E-state index in [-0.39, 0.29) is 16.6 Å². The molecule has 0 spiro atoms. The fraction of sp³-hybridized carbons (Fsp3) is 0.200. The lowest BCUT2D eigenvalue weighted by molar-refractivity contribution is 0.0690. The number of rotatable bonds is 2. The maximum atomic E-state index is 11.8. The van der Waals surface area contributed by atoms with E-state index in [1.54, 1.807) is 6.92 Å². The topological polar surface area (TPSA) is 85.1 Å². The van der Waals surface area contributed by atoms with Gasteiger partial charge in [0, 0.05) is 24.3 Å². The highest BCUT2D eigenvalue weighted by molar-refractivity contribution is 6.00. The van der Waals surface area contributed by atoms with Crippen LogP contribution in [-0.2, 0) is 6.54 Å². The lowest BCUT2D eigenvalue weighted by atomic mass is 10.2. The molecule has 0 radical (unpaired) electrons. The number of pyridine rings is 1. The maximum Gasteiger partial charge on any atom is 0.357 e. The van der Waals surface area contributed by atoms with Crippen LogP contribution in [0.4, 0.5) is 0 Å². The molecular formula is C10H9N3O3. The second kappa shape index (κ2) is 3.73. The second-order valence-corrected chi connectivity index (χ2v) is 3.20. The standard InChI is InChI=1S/C10H9N3O3/c1-2-13-9(14)7-5-11-4-3-6(7)8(12-13)10(15)16/h3-5H,2H2,1H3,(H,15,16). The van der Waals surface area contributed by atoms with E-state index in [9.17, 15) is 9.59 Å². The first-order chi connectivity index (χ1) is 7.65. The van der Waals surface area contributed by atoms with E-state index in [1.165, 1.54) is 18.5 Å². The van der Waals surface area contributed by atoms with Crippen molar-refractivity contribution in [2.75, 3.05) is 0 Å². The van der Waals surface area contributed by atoms with E-state index in [0.717, 1.165) is 4.68 Å². The Hall–Kier alpha value is -2.24. The summed E-state index contributed by atoms with van der Waals surface area (Å²) in [7, 11) is 0. The number of carbonyl (C=O) groups is 1. The van der Waals surface area contributed by atoms with Crippen molar-refractivity contribution in [3.63, 3.8) is 0 Å². The lowest BCUT2D eigenvalue weighted by Gasteiger charge is -2.05. The molecule has 0 bridgehead atoms. The summed E-state index contributed by atoms with van der Waals surface area (Å²) in [4.78, 5) is 26.6. The first-order valence-corrected chi connectivity index (χ1v) is 4.73. The van der Waals surface area contributed by atoms with Crippen molar-refractivity contribution in [2.45, 2.75) is 13.5 Å². The van der Waals surface area contributed by atoms with E-state index >= 15 is 0 Å². The van der Waals surface area contributed by atoms with Crippen LogP contribution in [0.2, 0.25) is 0 Å². The Morgan fingerprint density at radius 2 is 2.25 bits per heavy atom. The minimum Gasteiger partial charge on any atom is -0.476 e. The number of nitrogens with zero attached hydrogens (tertiary/aromatic N) is 3. The fourth-order valence-electron chi connectivity index (χ4n) is 1.50. The molecule has 0 aliphatic carbocycles. The minimum absolute atomic E-state index is 0.126. The first-order valence-electron chi connectivity index (χ1n) is 4.73. The molecule has 16 heavy (non-hydrogen) atoms. The van der Waals surface area contributed by atoms with Gasteiger partial charge < -0.3 is 5.11 Å². The van der Waals surface area contributed by atoms with Gasteiger partial charge in [0.05, 0.1) is 5.39 Å². The van der Waals surface area contributed by atoms with E-state index in [4.69, 9.17) is 5.11 Å². The summed E-state index contributed by atoms with van der Waals surface area (Å²) in [6.07, 6.45) is 2.80. The molecule has 0 aliphatic rings. The van der Waals surface area contributed by atoms with Gasteiger partial charge in [-0.1, -0.05) is 0 Å². The lowest BCUT2D eigenvalue weighted by Crippen LogP contribution is -2.25. The van der Waals surface area contributed by atoms with Gasteiger partial charge in [-0.25, -0.2) is 9.48 Å². The monoisotopic (exact) mass is 219 g/mol. The molecule has 0 saturated carbocycles. The van der Waals surface area contributed by atoms with Gasteiger partial charge in [0.1, 0.15) is 0 Å². The third kappa shape index (κ3) is 1.44. The van der Waals surface area contributed by atoms with Crippen LogP contribution in [0, 0.1) is 0 Å². The van der Waals surface area contributed by atoms with Gasteiger partial charge in [-0.05, 0) is 13.0 Å². The molecule has 2 aromatic heterocycles. The first kappa shape index (κ1) is 10.3. The highest BCUT2D eigenvalue weighted by Crippen LogP contribution is 2.11. The van der Waals surface area contributed by atoms with Crippen LogP contribution in [0.3, 0.4) is 0 Å². The predicted molar refractivity (Wildman–Crippen MR) is 56.4 cm³/mol. The van der Waals surface area contributed by atoms with Gasteiger partial charge in [0.25, 0.3) is 5.56 Å². The molecule has 0 saturated heterocycles. The van der Waals surface area contributed by atoms with Crippen molar-refractivity contribution in [1.82, 2.24) is 14.8 Å². The van der Waals surface area contributed by atoms with Crippen molar-refractivity contribution in [2.24, 2.45) is 0 Å². The minimum atomic E-state index is -1.15. The van der Waals surface area contributed by atoms with E-state index in [0.29, 0.717) is 11.9 Å². The summed E-state index contributed by atoms with van der Waals surface area (Å²) in [5.74, 6) is -1.15. The molecule has 0 aromatic carbocycles. The number of carboxylic acid groups (broad SMARTS) is 1. The van der Waals surface area contributed by atoms with Crippen LogP contribution >= 0.6 is 0 Å². The summed E-state index contributed by atoms with van der Waals surface area (Å²) in [6, 6.07) is 1.48. The smallest absolute Gasteiger partial charge is 0.357 e. The molecule has 0 aliphatic heterocycles. The number of aromatic nitrogens is 3. The Morgan fingerprint density at radius 1 is 1.50 bits per heavy atom. The Balaban J connectivity index is 2.96. The van der Waals surface area contributed by atoms with Crippen LogP contribution in [-0.4, -0.2) is 25.8 Å². The van der Waals surface area contributed by atoms with Gasteiger partial charge in [0.2, 0.25) is 0 Å². The summed E-state index contributed by atoms with van der Waals surface area (Å²) < 4.78 is 1.12. The summed E-state index contributed by atoms with van der Waals surface area (Å²) in [5.41, 5.74) is -0.450. The van der Waals surface area contributed by atoms with Crippen LogP contribution in [0.5, 0.6) is 0 Å². The van der Waals surface area contributed by atoms with Crippen molar-refractivity contribution in [3.8, 4) is 0 Å². The third-order valence-corrected chi connectivity index (χ3v) is 2.26. The Morgan fingerprint density at radius 3 is 2.88 bits per heavy atom. The molecule has 1 N–H and O–H groups in total. The zero-order valence-corrected chi connectivity index (χ0v) is 8.54. The zero-order valence-electron chi connectivity index (χ0n) is 8.54. The fourth-order valence-corrected chi connectivity index (χ4v) is 1.50. The van der Waals surface area contributed by atoms with E-state index in [2.05, 4.69) is 10.1 Å². The van der Waals surface area contributed by atoms with Gasteiger partial charge in [-0.3, -0.25) is 9.78 Å². The SMILES string of the molecule is CCn1nc(C(=O)O)c2ccncc2c1=O. The molecule has 6 nitrogen and oxygen atoms in total. The number of fused-ring (bicyclic) bond motifs is 1. The molecule has 2 aromatic rings. The van der Waals surface area contributed by atoms with Gasteiger partial charge >= 0.3 is 5.97 Å². The largest absolute Gasteiger partial charge is 0.476 e. The van der Waals surface area contributed by atoms with Gasteiger partial charge in [0.15, 0.2) is 5.69 Å². The number of aromatic carboxylic acids is 1. The highest BCUT2D eigenvalue weighted by atomic mass is 16.4. The highest BCUT2D eigenvalue weighted by Gasteiger charge is 2.14. The quantitative estimate of drug-likeness (QED) is 0.795. The molecule has 2 heterocycles. The number of aryl methyl sites for hydroxylation is 1. The van der Waals surface area contributed by atoms with Crippen LogP contribution < -0.4 is 5.56 Å². The normalized spacial score (nSPS) is 10.6. The van der Waals surface area contributed by atoms with Crippen LogP contribution in [0.15, 0.2) is 23.3 Å². The Bertz CT molecular complexity index is 618. The number of hydrogen-bond donors (Lipinski definition) is 1. The Kier molecular flexibility index (Phi) is 2.40. The molecule has 6 heteroatoms. The molecule has 0 unspecified atom stereocenters. The van der Waals surface area contributed by atoms with Crippen LogP contribution in [0.1, 0.15) is 17.4 Å². The van der Waals surface area contributed by atoms with E-state index in [1.807, 2.05) is 0 Å². The molecule has 82 valence electrons. The maximum absolute atomic E-state index is 11.8. The van der Waals surface area contributed by atoms with Crippen molar-refractivity contribution >= 4 is 16.7 Å². The summed E-state index contributed by atoms with van der Waals surface area (Å²) >= 11 is 0.